The third-order valence-electron chi connectivity index (χ3n) is 3.56. The first kappa shape index (κ1) is 11.7. The van der Waals surface area contributed by atoms with Crippen LogP contribution in [0.4, 0.5) is 0 Å². The first-order valence-corrected chi connectivity index (χ1v) is 7.59. The molecule has 1 aromatic rings. The van der Waals surface area contributed by atoms with Gasteiger partial charge < -0.3 is 9.64 Å². The number of amides is 1. The number of thiophene rings is 1. The highest BCUT2D eigenvalue weighted by Crippen LogP contribution is 2.31. The van der Waals surface area contributed by atoms with Crippen molar-refractivity contribution in [2.45, 2.75) is 31.4 Å². The summed E-state index contributed by atoms with van der Waals surface area (Å²) in [5.74, 6) is 0.159. The van der Waals surface area contributed by atoms with Gasteiger partial charge in [0.05, 0.1) is 28.1 Å². The standard InChI is InChI=1S/C12H14BrNO2S/c13-11-6-8(7-17-11)12(15)14-4-5-16-10-3-1-2-9(10)14/h6-7,9-10H,1-5H2/t9-,10-/m0/s1. The van der Waals surface area contributed by atoms with Crippen LogP contribution >= 0.6 is 27.3 Å². The van der Waals surface area contributed by atoms with E-state index in [1.54, 1.807) is 11.3 Å². The van der Waals surface area contributed by atoms with Gasteiger partial charge in [-0.1, -0.05) is 0 Å². The van der Waals surface area contributed by atoms with E-state index in [0.717, 1.165) is 28.7 Å². The summed E-state index contributed by atoms with van der Waals surface area (Å²) in [4.78, 5) is 14.4. The molecule has 92 valence electrons. The molecule has 3 nitrogen and oxygen atoms in total. The summed E-state index contributed by atoms with van der Waals surface area (Å²) < 4.78 is 6.73. The lowest BCUT2D eigenvalue weighted by Gasteiger charge is -2.37. The summed E-state index contributed by atoms with van der Waals surface area (Å²) >= 11 is 4.96. The third kappa shape index (κ3) is 2.16. The summed E-state index contributed by atoms with van der Waals surface area (Å²) in [6, 6.07) is 2.21. The molecule has 1 saturated heterocycles. The van der Waals surface area contributed by atoms with Crippen LogP contribution in [0.15, 0.2) is 15.2 Å². The molecule has 0 N–H and O–H groups in total. The lowest BCUT2D eigenvalue weighted by atomic mass is 10.1. The molecule has 0 aromatic carbocycles. The summed E-state index contributed by atoms with van der Waals surface area (Å²) in [6.07, 6.45) is 3.63. The Kier molecular flexibility index (Phi) is 3.23. The maximum atomic E-state index is 12.4. The fourth-order valence-electron chi connectivity index (χ4n) is 2.77. The van der Waals surface area contributed by atoms with Gasteiger partial charge in [-0.25, -0.2) is 0 Å². The highest BCUT2D eigenvalue weighted by Gasteiger charge is 2.38. The number of halogens is 1. The number of hydrogen-bond donors (Lipinski definition) is 0. The van der Waals surface area contributed by atoms with Gasteiger partial charge in [0.2, 0.25) is 0 Å². The van der Waals surface area contributed by atoms with Gasteiger partial charge in [-0.3, -0.25) is 4.79 Å². The number of morpholine rings is 1. The van der Waals surface area contributed by atoms with E-state index >= 15 is 0 Å². The Labute approximate surface area is 113 Å². The molecule has 1 amide bonds. The third-order valence-corrected chi connectivity index (χ3v) is 5.06. The van der Waals surface area contributed by atoms with E-state index in [-0.39, 0.29) is 12.0 Å². The van der Waals surface area contributed by atoms with Crippen LogP contribution in [0.3, 0.4) is 0 Å². The average Bonchev–Trinajstić information content (AvgIpc) is 2.95. The van der Waals surface area contributed by atoms with Crippen LogP contribution < -0.4 is 0 Å². The van der Waals surface area contributed by atoms with Crippen molar-refractivity contribution in [2.24, 2.45) is 0 Å². The zero-order valence-electron chi connectivity index (χ0n) is 9.39. The molecule has 0 spiro atoms. The minimum atomic E-state index is 0.159. The van der Waals surface area contributed by atoms with Crippen molar-refractivity contribution >= 4 is 33.2 Å². The van der Waals surface area contributed by atoms with Crippen LogP contribution in [0.2, 0.25) is 0 Å². The lowest BCUT2D eigenvalue weighted by molar-refractivity contribution is -0.0445. The van der Waals surface area contributed by atoms with E-state index < -0.39 is 0 Å². The number of hydrogen-bond acceptors (Lipinski definition) is 3. The molecule has 0 unspecified atom stereocenters. The van der Waals surface area contributed by atoms with Gasteiger partial charge in [0.1, 0.15) is 0 Å². The van der Waals surface area contributed by atoms with E-state index in [9.17, 15) is 4.79 Å². The first-order valence-electron chi connectivity index (χ1n) is 5.92. The van der Waals surface area contributed by atoms with E-state index in [4.69, 9.17) is 4.74 Å². The Morgan fingerprint density at radius 2 is 2.41 bits per heavy atom. The predicted molar refractivity (Wildman–Crippen MR) is 70.4 cm³/mol. The Bertz CT molecular complexity index is 434. The fraction of sp³-hybridized carbons (Fsp3) is 0.583. The van der Waals surface area contributed by atoms with E-state index in [2.05, 4.69) is 15.9 Å². The first-order chi connectivity index (χ1) is 8.25. The van der Waals surface area contributed by atoms with Crippen LogP contribution in [0, 0.1) is 0 Å². The van der Waals surface area contributed by atoms with Crippen molar-refractivity contribution in [3.05, 3.63) is 20.8 Å². The SMILES string of the molecule is O=C(c1csc(Br)c1)N1CCO[C@H]2CCC[C@@H]21. The van der Waals surface area contributed by atoms with E-state index in [0.29, 0.717) is 12.6 Å². The van der Waals surface area contributed by atoms with Crippen molar-refractivity contribution in [1.29, 1.82) is 0 Å². The molecule has 2 atom stereocenters. The van der Waals surface area contributed by atoms with Gasteiger partial charge in [-0.05, 0) is 41.3 Å². The summed E-state index contributed by atoms with van der Waals surface area (Å²) in [6.45, 7) is 1.41. The highest BCUT2D eigenvalue weighted by atomic mass is 79.9. The van der Waals surface area contributed by atoms with Gasteiger partial charge in [0, 0.05) is 11.9 Å². The molecule has 3 rings (SSSR count). The molecule has 2 aliphatic rings. The Balaban J connectivity index is 1.81. The van der Waals surface area contributed by atoms with Crippen LogP contribution in [0.1, 0.15) is 29.6 Å². The molecule has 0 radical (unpaired) electrons. The maximum Gasteiger partial charge on any atom is 0.255 e. The van der Waals surface area contributed by atoms with E-state index in [1.807, 2.05) is 16.3 Å². The van der Waals surface area contributed by atoms with Crippen molar-refractivity contribution in [3.63, 3.8) is 0 Å². The fourth-order valence-corrected chi connectivity index (χ4v) is 3.90. The highest BCUT2D eigenvalue weighted by molar-refractivity contribution is 9.11. The second-order valence-corrected chi connectivity index (χ2v) is 6.84. The monoisotopic (exact) mass is 315 g/mol. The minimum absolute atomic E-state index is 0.159. The maximum absolute atomic E-state index is 12.4. The molecule has 0 bridgehead atoms. The quantitative estimate of drug-likeness (QED) is 0.797. The molecule has 1 aromatic heterocycles. The van der Waals surface area contributed by atoms with Gasteiger partial charge >= 0.3 is 0 Å². The topological polar surface area (TPSA) is 29.5 Å². The molecule has 2 fully saturated rings. The number of rotatable bonds is 1. The molecule has 17 heavy (non-hydrogen) atoms. The van der Waals surface area contributed by atoms with Gasteiger partial charge in [0.15, 0.2) is 0 Å². The van der Waals surface area contributed by atoms with E-state index in [1.165, 1.54) is 6.42 Å². The Hall–Kier alpha value is -0.390. The number of carbonyl (C=O) groups is 1. The van der Waals surface area contributed by atoms with Crippen molar-refractivity contribution in [1.82, 2.24) is 4.90 Å². The second-order valence-electron chi connectivity index (χ2n) is 4.55. The molecular formula is C12H14BrNO2S. The normalized spacial score (nSPS) is 28.2. The summed E-state index contributed by atoms with van der Waals surface area (Å²) in [5, 5.41) is 1.92. The molecule has 2 heterocycles. The number of carbonyl (C=O) groups excluding carboxylic acids is 1. The number of ether oxygens (including phenoxy) is 1. The van der Waals surface area contributed by atoms with Crippen LogP contribution in [-0.4, -0.2) is 36.1 Å². The van der Waals surface area contributed by atoms with Gasteiger partial charge in [0.25, 0.3) is 5.91 Å². The minimum Gasteiger partial charge on any atom is -0.374 e. The van der Waals surface area contributed by atoms with Crippen molar-refractivity contribution in [2.75, 3.05) is 13.2 Å². The molecule has 1 aliphatic carbocycles. The lowest BCUT2D eigenvalue weighted by Crippen LogP contribution is -2.51. The summed E-state index contributed by atoms with van der Waals surface area (Å²) in [5.41, 5.74) is 0.800. The molecular weight excluding hydrogens is 302 g/mol. The molecule has 1 aliphatic heterocycles. The molecule has 5 heteroatoms. The largest absolute Gasteiger partial charge is 0.374 e. The smallest absolute Gasteiger partial charge is 0.255 e. The molecule has 1 saturated carbocycles. The van der Waals surface area contributed by atoms with Crippen LogP contribution in [0.25, 0.3) is 0 Å². The van der Waals surface area contributed by atoms with Gasteiger partial charge in [-0.2, -0.15) is 0 Å². The Morgan fingerprint density at radius 1 is 1.53 bits per heavy atom. The zero-order valence-corrected chi connectivity index (χ0v) is 11.8. The zero-order chi connectivity index (χ0) is 11.8. The Morgan fingerprint density at radius 3 is 3.18 bits per heavy atom. The number of nitrogens with zero attached hydrogens (tertiary/aromatic N) is 1. The second kappa shape index (κ2) is 4.71. The van der Waals surface area contributed by atoms with Crippen LogP contribution in [-0.2, 0) is 4.74 Å². The number of fused-ring (bicyclic) bond motifs is 1. The van der Waals surface area contributed by atoms with Crippen molar-refractivity contribution in [3.8, 4) is 0 Å². The van der Waals surface area contributed by atoms with Crippen LogP contribution in [0.5, 0.6) is 0 Å². The predicted octanol–water partition coefficient (Wildman–Crippen LogP) is 2.90. The van der Waals surface area contributed by atoms with Crippen molar-refractivity contribution < 1.29 is 9.53 Å². The average molecular weight is 316 g/mol. The summed E-state index contributed by atoms with van der Waals surface area (Å²) in [7, 11) is 0. The van der Waals surface area contributed by atoms with Gasteiger partial charge in [-0.15, -0.1) is 11.3 Å².